The lowest BCUT2D eigenvalue weighted by Crippen LogP contribution is -2.40. The highest BCUT2D eigenvalue weighted by molar-refractivity contribution is 7.13. The van der Waals surface area contributed by atoms with Gasteiger partial charge in [0.25, 0.3) is 0 Å². The third-order valence-electron chi connectivity index (χ3n) is 8.94. The van der Waals surface area contributed by atoms with Crippen LogP contribution in [0, 0.1) is 10.6 Å². The van der Waals surface area contributed by atoms with Gasteiger partial charge in [0.1, 0.15) is 27.1 Å². The summed E-state index contributed by atoms with van der Waals surface area (Å²) in [7, 11) is 5.15. The summed E-state index contributed by atoms with van der Waals surface area (Å²) in [6.07, 6.45) is 3.58. The van der Waals surface area contributed by atoms with E-state index in [9.17, 15) is 14.8 Å². The summed E-state index contributed by atoms with van der Waals surface area (Å²) >= 11 is 14.1. The molecule has 2 aromatic heterocycles. The van der Waals surface area contributed by atoms with Gasteiger partial charge in [0.05, 0.1) is 20.8 Å². The van der Waals surface area contributed by atoms with Gasteiger partial charge in [0.2, 0.25) is 0 Å². The Morgan fingerprint density at radius 1 is 0.980 bits per heavy atom. The molecule has 13 heteroatoms. The van der Waals surface area contributed by atoms with Gasteiger partial charge in [0.15, 0.2) is 23.9 Å². The summed E-state index contributed by atoms with van der Waals surface area (Å²) < 4.78 is 23.4. The first-order valence-corrected chi connectivity index (χ1v) is 17.8. The fourth-order valence-electron chi connectivity index (χ4n) is 5.78. The van der Waals surface area contributed by atoms with Gasteiger partial charge in [0, 0.05) is 28.8 Å². The normalized spacial score (nSPS) is 15.6. The maximum Gasteiger partial charge on any atom is 0.348 e. The van der Waals surface area contributed by atoms with Crippen molar-refractivity contribution in [2.24, 2.45) is 5.41 Å². The molecule has 0 aliphatic carbocycles. The summed E-state index contributed by atoms with van der Waals surface area (Å²) in [4.78, 5) is 30.5. The summed E-state index contributed by atoms with van der Waals surface area (Å²) in [5.41, 5.74) is 1.79. The molecule has 2 aromatic carbocycles. The Morgan fingerprint density at radius 3 is 2.32 bits per heavy atom. The second kappa shape index (κ2) is 16.9. The Labute approximate surface area is 306 Å². The highest BCUT2D eigenvalue weighted by Gasteiger charge is 2.32. The van der Waals surface area contributed by atoms with Crippen LogP contribution in [-0.4, -0.2) is 57.8 Å². The number of methoxy groups -OCH3 is 2. The van der Waals surface area contributed by atoms with Crippen molar-refractivity contribution in [3.8, 4) is 11.5 Å². The molecule has 1 aliphatic rings. The van der Waals surface area contributed by atoms with Gasteiger partial charge in [-0.3, -0.25) is 5.32 Å². The summed E-state index contributed by atoms with van der Waals surface area (Å²) in [6, 6.07) is 17.5. The molecule has 2 atom stereocenters. The standard InChI is InChI=1S/C37H41Cl2N3O7S/c1-37(14-16-41(2)17-15-37)23-48-36(44)34(24-8-6-5-7-9-24)40-20-26-11-13-33(50-26)35(43)49-31(19-27-28(38)21-42(45)22-29(27)39)25-10-12-30(46-3)32(18-25)47-4/h5-13,18,21-22,31,34,40H,14-17,19-20,23H2,1-4H3/t31-,34?/m0/s1. The predicted molar refractivity (Wildman–Crippen MR) is 193 cm³/mol. The van der Waals surface area contributed by atoms with E-state index in [1.54, 1.807) is 24.3 Å². The Morgan fingerprint density at radius 2 is 1.66 bits per heavy atom. The van der Waals surface area contributed by atoms with Crippen molar-refractivity contribution in [1.29, 1.82) is 0 Å². The van der Waals surface area contributed by atoms with Gasteiger partial charge in [-0.25, -0.2) is 9.59 Å². The number of nitrogens with one attached hydrogen (secondary N) is 1. The van der Waals surface area contributed by atoms with Crippen LogP contribution in [-0.2, 0) is 27.2 Å². The number of nitrogens with zero attached hydrogens (tertiary/aromatic N) is 2. The van der Waals surface area contributed by atoms with E-state index in [1.807, 2.05) is 36.4 Å². The van der Waals surface area contributed by atoms with Gasteiger partial charge in [-0.1, -0.05) is 66.5 Å². The van der Waals surface area contributed by atoms with Crippen molar-refractivity contribution < 1.29 is 33.3 Å². The number of pyridine rings is 1. The molecule has 1 saturated heterocycles. The molecule has 0 amide bonds. The Bertz CT molecular complexity index is 1760. The number of carbonyl (C=O) groups excluding carboxylic acids is 2. The van der Waals surface area contributed by atoms with Crippen molar-refractivity contribution in [1.82, 2.24) is 10.2 Å². The molecule has 0 saturated carbocycles. The number of hydrogen-bond acceptors (Lipinski definition) is 10. The third kappa shape index (κ3) is 9.46. The van der Waals surface area contributed by atoms with Gasteiger partial charge in [-0.15, -0.1) is 11.3 Å². The lowest BCUT2D eigenvalue weighted by atomic mass is 9.81. The lowest BCUT2D eigenvalue weighted by molar-refractivity contribution is -0.605. The van der Waals surface area contributed by atoms with Gasteiger partial charge >= 0.3 is 11.9 Å². The molecule has 1 fully saturated rings. The van der Waals surface area contributed by atoms with Crippen LogP contribution >= 0.6 is 34.5 Å². The zero-order valence-electron chi connectivity index (χ0n) is 28.4. The van der Waals surface area contributed by atoms with Crippen molar-refractivity contribution in [3.63, 3.8) is 0 Å². The SMILES string of the molecule is COc1ccc([C@H](Cc2c(Cl)c[n+]([O-])cc2Cl)OC(=O)c2ccc(CNC(C(=O)OCC3(C)CCN(C)CC3)c3ccccc3)s2)cc1OC. The molecule has 0 radical (unpaired) electrons. The lowest BCUT2D eigenvalue weighted by Gasteiger charge is -2.37. The minimum absolute atomic E-state index is 0.0592. The molecule has 10 nitrogen and oxygen atoms in total. The number of thiophene rings is 1. The molecular formula is C37H41Cl2N3O7S. The molecule has 0 spiro atoms. The highest BCUT2D eigenvalue weighted by Crippen LogP contribution is 2.36. The summed E-state index contributed by atoms with van der Waals surface area (Å²) in [5, 5.41) is 15.5. The van der Waals surface area contributed by atoms with E-state index >= 15 is 0 Å². The maximum atomic E-state index is 13.6. The zero-order valence-corrected chi connectivity index (χ0v) is 30.8. The molecule has 0 bridgehead atoms. The quantitative estimate of drug-likeness (QED) is 0.0833. The molecule has 1 aliphatic heterocycles. The molecule has 266 valence electrons. The maximum absolute atomic E-state index is 13.6. The number of esters is 2. The Hall–Kier alpha value is -3.87. The van der Waals surface area contributed by atoms with Crippen LogP contribution < -0.4 is 19.5 Å². The number of rotatable bonds is 14. The number of halogens is 2. The number of likely N-dealkylation sites (tertiary alicyclic amines) is 1. The highest BCUT2D eigenvalue weighted by atomic mass is 35.5. The van der Waals surface area contributed by atoms with Crippen molar-refractivity contribution in [2.75, 3.05) is 41.0 Å². The van der Waals surface area contributed by atoms with Crippen LogP contribution in [0.5, 0.6) is 11.5 Å². The fourth-order valence-corrected chi connectivity index (χ4v) is 7.22. The van der Waals surface area contributed by atoms with E-state index in [4.69, 9.17) is 42.1 Å². The topological polar surface area (TPSA) is 113 Å². The second-order valence-electron chi connectivity index (χ2n) is 12.7. The molecular weight excluding hydrogens is 701 g/mol. The summed E-state index contributed by atoms with van der Waals surface area (Å²) in [5.74, 6) is 0.0540. The first-order valence-electron chi connectivity index (χ1n) is 16.2. The zero-order chi connectivity index (χ0) is 35.8. The Kier molecular flexibility index (Phi) is 12.6. The van der Waals surface area contributed by atoms with E-state index in [1.165, 1.54) is 38.0 Å². The molecule has 3 heterocycles. The third-order valence-corrected chi connectivity index (χ3v) is 10.7. The number of hydrogen-bond donors (Lipinski definition) is 1. The van der Waals surface area contributed by atoms with E-state index in [0.717, 1.165) is 36.4 Å². The number of carbonyl (C=O) groups is 2. The van der Waals surface area contributed by atoms with E-state index in [-0.39, 0.29) is 27.9 Å². The first kappa shape index (κ1) is 37.4. The van der Waals surface area contributed by atoms with Crippen molar-refractivity contribution in [2.45, 2.75) is 44.9 Å². The van der Waals surface area contributed by atoms with Crippen LogP contribution in [0.15, 0.2) is 73.1 Å². The molecule has 1 unspecified atom stereocenters. The van der Waals surface area contributed by atoms with Gasteiger partial charge in [-0.2, -0.15) is 4.73 Å². The number of ether oxygens (including phenoxy) is 4. The first-order chi connectivity index (χ1) is 24.0. The van der Waals surface area contributed by atoms with Crippen LogP contribution in [0.4, 0.5) is 0 Å². The van der Waals surface area contributed by atoms with E-state index < -0.39 is 18.1 Å². The van der Waals surface area contributed by atoms with Crippen LogP contribution in [0.25, 0.3) is 0 Å². The minimum Gasteiger partial charge on any atom is -0.619 e. The average Bonchev–Trinajstić information content (AvgIpc) is 3.59. The number of aromatic nitrogens is 1. The van der Waals surface area contributed by atoms with E-state index in [2.05, 4.69) is 24.2 Å². The smallest absolute Gasteiger partial charge is 0.348 e. The molecule has 5 rings (SSSR count). The average molecular weight is 743 g/mol. The number of benzene rings is 2. The van der Waals surface area contributed by atoms with Gasteiger partial charge < -0.3 is 29.1 Å². The van der Waals surface area contributed by atoms with Crippen LogP contribution in [0.3, 0.4) is 0 Å². The predicted octanol–water partition coefficient (Wildman–Crippen LogP) is 6.95. The van der Waals surface area contributed by atoms with Crippen molar-refractivity contribution in [3.05, 3.63) is 115 Å². The van der Waals surface area contributed by atoms with Gasteiger partial charge in [-0.05, 0) is 68.4 Å². The fraction of sp³-hybridized carbons (Fsp3) is 0.378. The van der Waals surface area contributed by atoms with Crippen molar-refractivity contribution >= 4 is 46.5 Å². The van der Waals surface area contributed by atoms with Crippen LogP contribution in [0.1, 0.15) is 63.2 Å². The summed E-state index contributed by atoms with van der Waals surface area (Å²) in [6.45, 7) is 4.80. The van der Waals surface area contributed by atoms with Crippen LogP contribution in [0.2, 0.25) is 10.0 Å². The number of piperidine rings is 1. The molecule has 50 heavy (non-hydrogen) atoms. The largest absolute Gasteiger partial charge is 0.619 e. The minimum atomic E-state index is -0.841. The monoisotopic (exact) mass is 741 g/mol. The molecule has 4 aromatic rings. The second-order valence-corrected chi connectivity index (χ2v) is 14.7. The Balaban J connectivity index is 1.30. The molecule has 1 N–H and O–H groups in total. The van der Waals surface area contributed by atoms with E-state index in [0.29, 0.717) is 45.4 Å².